The van der Waals surface area contributed by atoms with Crippen molar-refractivity contribution < 1.29 is 14.3 Å². The second kappa shape index (κ2) is 8.86. The van der Waals surface area contributed by atoms with Crippen molar-refractivity contribution in [2.45, 2.75) is 13.0 Å². The Labute approximate surface area is 178 Å². The van der Waals surface area contributed by atoms with E-state index in [2.05, 4.69) is 25.6 Å². The lowest BCUT2D eigenvalue weighted by atomic mass is 10.1. The van der Waals surface area contributed by atoms with Crippen LogP contribution in [-0.2, 0) is 9.47 Å². The number of pyridine rings is 1. The molecule has 4 rings (SSSR count). The largest absolute Gasteiger partial charge is 0.378 e. The highest BCUT2D eigenvalue weighted by Crippen LogP contribution is 2.31. The summed E-state index contributed by atoms with van der Waals surface area (Å²) < 4.78 is 12.5. The number of nitrogens with zero attached hydrogens (tertiary/aromatic N) is 4. The van der Waals surface area contributed by atoms with Gasteiger partial charge in [-0.2, -0.15) is 5.10 Å². The average molecular weight is 431 g/mol. The first-order valence-electron chi connectivity index (χ1n) is 9.61. The minimum atomic E-state index is -0.399. The molecule has 9 nitrogen and oxygen atoms in total. The SMILES string of the molecule is CO[C@@H](C)c1c(NC(=O)Nc2ccc(N3CCOCC3)nc2)cnn2cc(Cl)cc12. The molecule has 4 heterocycles. The number of urea groups is 1. The number of hydrogen-bond acceptors (Lipinski definition) is 6. The van der Waals surface area contributed by atoms with Crippen LogP contribution in [0.2, 0.25) is 5.02 Å². The summed E-state index contributed by atoms with van der Waals surface area (Å²) in [5.41, 5.74) is 2.69. The van der Waals surface area contributed by atoms with Gasteiger partial charge in [-0.25, -0.2) is 14.3 Å². The van der Waals surface area contributed by atoms with Crippen LogP contribution in [0.25, 0.3) is 5.52 Å². The Bertz CT molecular complexity index is 1030. The smallest absolute Gasteiger partial charge is 0.323 e. The van der Waals surface area contributed by atoms with E-state index < -0.39 is 6.03 Å². The van der Waals surface area contributed by atoms with Gasteiger partial charge in [0.15, 0.2) is 0 Å². The molecule has 0 bridgehead atoms. The van der Waals surface area contributed by atoms with E-state index >= 15 is 0 Å². The van der Waals surface area contributed by atoms with Gasteiger partial charge in [-0.3, -0.25) is 0 Å². The Balaban J connectivity index is 1.49. The normalized spacial score (nSPS) is 15.2. The number of morpholine rings is 1. The zero-order valence-electron chi connectivity index (χ0n) is 16.8. The monoisotopic (exact) mass is 430 g/mol. The summed E-state index contributed by atoms with van der Waals surface area (Å²) in [6.07, 6.45) is 4.64. The van der Waals surface area contributed by atoms with Gasteiger partial charge in [0, 0.05) is 32.0 Å². The molecule has 0 aliphatic carbocycles. The van der Waals surface area contributed by atoms with Crippen LogP contribution in [0.5, 0.6) is 0 Å². The third kappa shape index (κ3) is 4.33. The number of ether oxygens (including phenoxy) is 2. The lowest BCUT2D eigenvalue weighted by molar-refractivity contribution is 0.121. The third-order valence-electron chi connectivity index (χ3n) is 4.99. The summed E-state index contributed by atoms with van der Waals surface area (Å²) in [5.74, 6) is 0.861. The first-order valence-corrected chi connectivity index (χ1v) is 9.99. The number of carbonyl (C=O) groups excluding carboxylic acids is 1. The lowest BCUT2D eigenvalue weighted by Crippen LogP contribution is -2.36. The topological polar surface area (TPSA) is 93.0 Å². The predicted molar refractivity (Wildman–Crippen MR) is 116 cm³/mol. The molecule has 1 saturated heterocycles. The van der Waals surface area contributed by atoms with Gasteiger partial charge in [-0.05, 0) is 25.1 Å². The van der Waals surface area contributed by atoms with Gasteiger partial charge in [-0.1, -0.05) is 11.6 Å². The second-order valence-corrected chi connectivity index (χ2v) is 7.36. The summed E-state index contributed by atoms with van der Waals surface area (Å²) in [7, 11) is 1.61. The Morgan fingerprint density at radius 1 is 1.27 bits per heavy atom. The van der Waals surface area contributed by atoms with Crippen LogP contribution in [-0.4, -0.2) is 54.0 Å². The fourth-order valence-electron chi connectivity index (χ4n) is 3.41. The van der Waals surface area contributed by atoms with Crippen LogP contribution in [0, 0.1) is 0 Å². The molecule has 1 atom stereocenters. The van der Waals surface area contributed by atoms with Crippen molar-refractivity contribution in [3.05, 3.63) is 47.4 Å². The number of aromatic nitrogens is 3. The Morgan fingerprint density at radius 2 is 2.07 bits per heavy atom. The predicted octanol–water partition coefficient (Wildman–Crippen LogP) is 3.57. The van der Waals surface area contributed by atoms with E-state index in [9.17, 15) is 4.79 Å². The van der Waals surface area contributed by atoms with E-state index in [1.165, 1.54) is 0 Å². The molecule has 0 radical (unpaired) electrons. The summed E-state index contributed by atoms with van der Waals surface area (Å²) in [4.78, 5) is 19.2. The maximum Gasteiger partial charge on any atom is 0.323 e. The van der Waals surface area contributed by atoms with Gasteiger partial charge in [0.25, 0.3) is 0 Å². The molecule has 0 saturated carbocycles. The number of anilines is 3. The summed E-state index contributed by atoms with van der Waals surface area (Å²) in [6.45, 7) is 4.89. The van der Waals surface area contributed by atoms with E-state index in [0.717, 1.165) is 30.0 Å². The van der Waals surface area contributed by atoms with Crippen molar-refractivity contribution in [1.29, 1.82) is 0 Å². The van der Waals surface area contributed by atoms with Crippen molar-refractivity contribution in [2.24, 2.45) is 0 Å². The number of rotatable bonds is 5. The minimum absolute atomic E-state index is 0.272. The minimum Gasteiger partial charge on any atom is -0.378 e. The van der Waals surface area contributed by atoms with Crippen molar-refractivity contribution in [2.75, 3.05) is 48.9 Å². The van der Waals surface area contributed by atoms with Gasteiger partial charge < -0.3 is 25.0 Å². The summed E-state index contributed by atoms with van der Waals surface area (Å²) in [6, 6.07) is 5.10. The molecule has 0 unspecified atom stereocenters. The van der Waals surface area contributed by atoms with Gasteiger partial charge in [-0.15, -0.1) is 0 Å². The molecule has 3 aromatic heterocycles. The van der Waals surface area contributed by atoms with Gasteiger partial charge >= 0.3 is 6.03 Å². The first-order chi connectivity index (χ1) is 14.5. The quantitative estimate of drug-likeness (QED) is 0.642. The number of halogens is 1. The van der Waals surface area contributed by atoms with Gasteiger partial charge in [0.2, 0.25) is 0 Å². The first kappa shape index (κ1) is 20.4. The van der Waals surface area contributed by atoms with E-state index in [4.69, 9.17) is 21.1 Å². The van der Waals surface area contributed by atoms with Crippen molar-refractivity contribution >= 4 is 40.3 Å². The number of methoxy groups -OCH3 is 1. The highest BCUT2D eigenvalue weighted by molar-refractivity contribution is 6.31. The van der Waals surface area contributed by atoms with Gasteiger partial charge in [0.05, 0.1) is 53.6 Å². The Morgan fingerprint density at radius 3 is 2.77 bits per heavy atom. The van der Waals surface area contributed by atoms with Crippen LogP contribution in [0.3, 0.4) is 0 Å². The zero-order valence-corrected chi connectivity index (χ0v) is 17.5. The second-order valence-electron chi connectivity index (χ2n) is 6.92. The van der Waals surface area contributed by atoms with Gasteiger partial charge in [0.1, 0.15) is 5.82 Å². The number of carbonyl (C=O) groups is 1. The van der Waals surface area contributed by atoms with Crippen molar-refractivity contribution in [3.63, 3.8) is 0 Å². The molecule has 1 fully saturated rings. The lowest BCUT2D eigenvalue weighted by Gasteiger charge is -2.27. The van der Waals surface area contributed by atoms with Crippen molar-refractivity contribution in [3.8, 4) is 0 Å². The molecule has 3 aromatic rings. The number of hydrogen-bond donors (Lipinski definition) is 2. The van der Waals surface area contributed by atoms with E-state index in [1.54, 1.807) is 36.3 Å². The summed E-state index contributed by atoms with van der Waals surface area (Å²) in [5, 5.41) is 10.5. The number of fused-ring (bicyclic) bond motifs is 1. The van der Waals surface area contributed by atoms with Crippen LogP contribution < -0.4 is 15.5 Å². The van der Waals surface area contributed by atoms with E-state index in [-0.39, 0.29) is 6.10 Å². The molecule has 2 N–H and O–H groups in total. The third-order valence-corrected chi connectivity index (χ3v) is 5.20. The molecule has 158 valence electrons. The fraction of sp³-hybridized carbons (Fsp3) is 0.350. The maximum absolute atomic E-state index is 12.6. The molecule has 2 amide bonds. The molecule has 0 spiro atoms. The van der Waals surface area contributed by atoms with Crippen LogP contribution in [0.15, 0.2) is 36.8 Å². The Kier molecular flexibility index (Phi) is 6.03. The number of amides is 2. The number of nitrogens with one attached hydrogen (secondary N) is 2. The molecule has 1 aliphatic heterocycles. The molecule has 0 aromatic carbocycles. The van der Waals surface area contributed by atoms with E-state index in [1.807, 2.05) is 19.1 Å². The standard InChI is InChI=1S/C20H23ClN6O3/c1-13(29-2)19-16(11-23-27-12-14(21)9-17(19)27)25-20(28)24-15-3-4-18(22-10-15)26-5-7-30-8-6-26/h3-4,9-13H,5-8H2,1-2H3,(H2,24,25,28)/t13-/m0/s1. The van der Waals surface area contributed by atoms with Crippen molar-refractivity contribution in [1.82, 2.24) is 14.6 Å². The Hall–Kier alpha value is -2.88. The van der Waals surface area contributed by atoms with Crippen LogP contribution in [0.1, 0.15) is 18.6 Å². The molecule has 30 heavy (non-hydrogen) atoms. The zero-order chi connectivity index (χ0) is 21.1. The average Bonchev–Trinajstić information content (AvgIpc) is 3.14. The molecule has 1 aliphatic rings. The van der Waals surface area contributed by atoms with Crippen LogP contribution in [0.4, 0.5) is 22.0 Å². The highest BCUT2D eigenvalue weighted by atomic mass is 35.5. The molecular formula is C20H23ClN6O3. The fourth-order valence-corrected chi connectivity index (χ4v) is 3.61. The van der Waals surface area contributed by atoms with E-state index in [0.29, 0.717) is 29.6 Å². The highest BCUT2D eigenvalue weighted by Gasteiger charge is 2.18. The molecule has 10 heteroatoms. The summed E-state index contributed by atoms with van der Waals surface area (Å²) >= 11 is 6.12. The van der Waals surface area contributed by atoms with Crippen LogP contribution >= 0.6 is 11.6 Å². The molecular weight excluding hydrogens is 408 g/mol. The maximum atomic E-state index is 12.6.